The number of pyridine rings is 1. The van der Waals surface area contributed by atoms with Crippen molar-refractivity contribution in [1.82, 2.24) is 15.0 Å². The van der Waals surface area contributed by atoms with Gasteiger partial charge < -0.3 is 4.74 Å². The van der Waals surface area contributed by atoms with E-state index in [1.165, 1.54) is 19.4 Å². The summed E-state index contributed by atoms with van der Waals surface area (Å²) in [7, 11) is 1.42. The van der Waals surface area contributed by atoms with Crippen LogP contribution in [0.25, 0.3) is 11.3 Å². The van der Waals surface area contributed by atoms with Gasteiger partial charge in [0.25, 0.3) is 0 Å². The van der Waals surface area contributed by atoms with Crippen LogP contribution in [0.4, 0.5) is 13.2 Å². The second kappa shape index (κ2) is 5.00. The fourth-order valence-corrected chi connectivity index (χ4v) is 1.61. The standard InChI is InChI=1S/C11H7ClF3N3O/c1-19-8-4-6(2-3-16-8)9-10(12)18-7(5-17-9)11(13,14)15/h2-5H,1H3. The number of methoxy groups -OCH3 is 1. The largest absolute Gasteiger partial charge is 0.481 e. The van der Waals surface area contributed by atoms with Crippen LogP contribution in [-0.4, -0.2) is 22.1 Å². The molecule has 0 N–H and O–H groups in total. The van der Waals surface area contributed by atoms with Crippen molar-refractivity contribution in [2.45, 2.75) is 6.18 Å². The molecule has 4 nitrogen and oxygen atoms in total. The van der Waals surface area contributed by atoms with Crippen LogP contribution in [0.3, 0.4) is 0 Å². The fraction of sp³-hybridized carbons (Fsp3) is 0.182. The minimum atomic E-state index is -4.58. The minimum Gasteiger partial charge on any atom is -0.481 e. The van der Waals surface area contributed by atoms with E-state index < -0.39 is 11.9 Å². The van der Waals surface area contributed by atoms with Crippen molar-refractivity contribution >= 4 is 11.6 Å². The third-order valence-corrected chi connectivity index (χ3v) is 2.50. The highest BCUT2D eigenvalue weighted by molar-refractivity contribution is 6.31. The SMILES string of the molecule is COc1cc(-c2ncc(C(F)(F)F)nc2Cl)ccn1. The first-order chi connectivity index (χ1) is 8.91. The molecule has 2 aromatic heterocycles. The number of nitrogens with zero attached hydrogens (tertiary/aromatic N) is 3. The zero-order valence-electron chi connectivity index (χ0n) is 9.57. The van der Waals surface area contributed by atoms with Crippen molar-refractivity contribution in [2.24, 2.45) is 0 Å². The molecule has 0 aliphatic carbocycles. The minimum absolute atomic E-state index is 0.135. The third kappa shape index (κ3) is 2.93. The average Bonchev–Trinajstić information content (AvgIpc) is 2.37. The number of hydrogen-bond acceptors (Lipinski definition) is 4. The quantitative estimate of drug-likeness (QED) is 0.852. The normalized spacial score (nSPS) is 11.4. The first-order valence-corrected chi connectivity index (χ1v) is 5.40. The summed E-state index contributed by atoms with van der Waals surface area (Å²) in [6.07, 6.45) is -2.51. The second-order valence-corrected chi connectivity index (χ2v) is 3.84. The molecule has 0 aliphatic rings. The van der Waals surface area contributed by atoms with Crippen LogP contribution in [-0.2, 0) is 6.18 Å². The van der Waals surface area contributed by atoms with Gasteiger partial charge in [-0.2, -0.15) is 13.2 Å². The predicted octanol–water partition coefficient (Wildman–Crippen LogP) is 3.22. The maximum Gasteiger partial charge on any atom is 0.434 e. The van der Waals surface area contributed by atoms with Crippen molar-refractivity contribution in [3.05, 3.63) is 35.4 Å². The van der Waals surface area contributed by atoms with Crippen LogP contribution in [0.5, 0.6) is 5.88 Å². The summed E-state index contributed by atoms with van der Waals surface area (Å²) in [5.74, 6) is 0.301. The van der Waals surface area contributed by atoms with Crippen molar-refractivity contribution in [3.8, 4) is 17.1 Å². The highest BCUT2D eigenvalue weighted by Crippen LogP contribution is 2.31. The monoisotopic (exact) mass is 289 g/mol. The highest BCUT2D eigenvalue weighted by atomic mass is 35.5. The van der Waals surface area contributed by atoms with Gasteiger partial charge in [-0.1, -0.05) is 11.6 Å². The molecule has 19 heavy (non-hydrogen) atoms. The first kappa shape index (κ1) is 13.5. The van der Waals surface area contributed by atoms with Gasteiger partial charge in [0.1, 0.15) is 5.69 Å². The summed E-state index contributed by atoms with van der Waals surface area (Å²) in [6.45, 7) is 0. The topological polar surface area (TPSA) is 47.9 Å². The molecule has 2 aromatic rings. The van der Waals surface area contributed by atoms with Crippen molar-refractivity contribution in [2.75, 3.05) is 7.11 Å². The van der Waals surface area contributed by atoms with Crippen molar-refractivity contribution in [3.63, 3.8) is 0 Å². The Morgan fingerprint density at radius 2 is 2.00 bits per heavy atom. The summed E-state index contributed by atoms with van der Waals surface area (Å²) in [4.78, 5) is 10.9. The van der Waals surface area contributed by atoms with E-state index in [4.69, 9.17) is 16.3 Å². The zero-order valence-corrected chi connectivity index (χ0v) is 10.3. The summed E-state index contributed by atoms with van der Waals surface area (Å²) in [5.41, 5.74) is -0.532. The van der Waals surface area contributed by atoms with E-state index in [2.05, 4.69) is 15.0 Å². The molecular weight excluding hydrogens is 283 g/mol. The molecule has 2 heterocycles. The van der Waals surface area contributed by atoms with Crippen LogP contribution in [0.2, 0.25) is 5.15 Å². The highest BCUT2D eigenvalue weighted by Gasteiger charge is 2.33. The molecule has 0 bridgehead atoms. The maximum atomic E-state index is 12.4. The van der Waals surface area contributed by atoms with E-state index in [-0.39, 0.29) is 10.8 Å². The van der Waals surface area contributed by atoms with Gasteiger partial charge >= 0.3 is 6.18 Å². The lowest BCUT2D eigenvalue weighted by Crippen LogP contribution is -2.09. The fourth-order valence-electron chi connectivity index (χ4n) is 1.37. The zero-order chi connectivity index (χ0) is 14.0. The summed E-state index contributed by atoms with van der Waals surface area (Å²) in [5, 5.41) is -0.330. The first-order valence-electron chi connectivity index (χ1n) is 5.02. The Bertz CT molecular complexity index is 604. The lowest BCUT2D eigenvalue weighted by atomic mass is 10.2. The Kier molecular flexibility index (Phi) is 3.57. The summed E-state index contributed by atoms with van der Waals surface area (Å²) >= 11 is 5.73. The number of halogens is 4. The Morgan fingerprint density at radius 3 is 2.58 bits per heavy atom. The molecule has 2 rings (SSSR count). The number of ether oxygens (including phenoxy) is 1. The van der Waals surface area contributed by atoms with Gasteiger partial charge in [0.2, 0.25) is 5.88 Å². The average molecular weight is 290 g/mol. The number of aromatic nitrogens is 3. The van der Waals surface area contributed by atoms with Gasteiger partial charge in [-0.15, -0.1) is 0 Å². The molecule has 0 radical (unpaired) electrons. The molecule has 0 spiro atoms. The smallest absolute Gasteiger partial charge is 0.434 e. The number of rotatable bonds is 2. The van der Waals surface area contributed by atoms with Gasteiger partial charge in [-0.25, -0.2) is 9.97 Å². The Morgan fingerprint density at radius 1 is 1.26 bits per heavy atom. The predicted molar refractivity (Wildman–Crippen MR) is 61.8 cm³/mol. The van der Waals surface area contributed by atoms with E-state index >= 15 is 0 Å². The molecule has 0 saturated carbocycles. The van der Waals surface area contributed by atoms with Crippen LogP contribution < -0.4 is 4.74 Å². The van der Waals surface area contributed by atoms with Crippen LogP contribution in [0.15, 0.2) is 24.5 Å². The van der Waals surface area contributed by atoms with Gasteiger partial charge in [-0.05, 0) is 6.07 Å². The lowest BCUT2D eigenvalue weighted by molar-refractivity contribution is -0.141. The molecule has 0 fully saturated rings. The Balaban J connectivity index is 2.46. The van der Waals surface area contributed by atoms with Crippen molar-refractivity contribution in [1.29, 1.82) is 0 Å². The molecule has 0 amide bonds. The van der Waals surface area contributed by atoms with Gasteiger partial charge in [0, 0.05) is 17.8 Å². The van der Waals surface area contributed by atoms with E-state index in [0.29, 0.717) is 17.6 Å². The molecule has 0 atom stereocenters. The molecular formula is C11H7ClF3N3O. The lowest BCUT2D eigenvalue weighted by Gasteiger charge is -2.08. The maximum absolute atomic E-state index is 12.4. The van der Waals surface area contributed by atoms with Crippen molar-refractivity contribution < 1.29 is 17.9 Å². The number of alkyl halides is 3. The van der Waals surface area contributed by atoms with E-state index in [1.807, 2.05) is 0 Å². The Labute approximate surface area is 111 Å². The van der Waals surface area contributed by atoms with Gasteiger partial charge in [-0.3, -0.25) is 4.98 Å². The van der Waals surface area contributed by atoms with Crippen LogP contribution in [0, 0.1) is 0 Å². The van der Waals surface area contributed by atoms with E-state index in [0.717, 1.165) is 0 Å². The van der Waals surface area contributed by atoms with Gasteiger partial charge in [0.15, 0.2) is 10.8 Å². The summed E-state index contributed by atoms with van der Waals surface area (Å²) in [6, 6.07) is 3.05. The molecule has 0 unspecified atom stereocenters. The number of hydrogen-bond donors (Lipinski definition) is 0. The molecule has 0 aliphatic heterocycles. The summed E-state index contributed by atoms with van der Waals surface area (Å²) < 4.78 is 42.2. The van der Waals surface area contributed by atoms with Crippen LogP contribution in [0.1, 0.15) is 5.69 Å². The molecule has 0 saturated heterocycles. The van der Waals surface area contributed by atoms with Gasteiger partial charge in [0.05, 0.1) is 13.3 Å². The Hall–Kier alpha value is -1.89. The second-order valence-electron chi connectivity index (χ2n) is 3.48. The third-order valence-electron chi connectivity index (χ3n) is 2.24. The molecule has 0 aromatic carbocycles. The molecule has 100 valence electrons. The molecule has 8 heteroatoms. The van der Waals surface area contributed by atoms with E-state index in [9.17, 15) is 13.2 Å². The van der Waals surface area contributed by atoms with E-state index in [1.54, 1.807) is 6.07 Å². The van der Waals surface area contributed by atoms with Crippen LogP contribution >= 0.6 is 11.6 Å².